The number of ether oxygens (including phenoxy) is 2. The first kappa shape index (κ1) is 12.5. The van der Waals surface area contributed by atoms with E-state index in [1.807, 2.05) is 12.0 Å². The molecule has 0 aromatic carbocycles. The van der Waals surface area contributed by atoms with E-state index in [0.29, 0.717) is 23.8 Å². The predicted octanol–water partition coefficient (Wildman–Crippen LogP) is 2.44. The van der Waals surface area contributed by atoms with Gasteiger partial charge in [0.1, 0.15) is 0 Å². The molecule has 0 aromatic heterocycles. The third-order valence-corrected chi connectivity index (χ3v) is 7.66. The highest BCUT2D eigenvalue weighted by atomic mass is 16.5. The fourth-order valence-electron chi connectivity index (χ4n) is 7.51. The maximum Gasteiger partial charge on any atom is 0.409 e. The van der Waals surface area contributed by atoms with Gasteiger partial charge in [-0.15, -0.1) is 0 Å². The summed E-state index contributed by atoms with van der Waals surface area (Å²) in [5.41, 5.74) is 0.154. The largest absolute Gasteiger partial charge is 0.453 e. The maximum atomic E-state index is 12.2. The molecule has 0 aromatic rings. The average Bonchev–Trinajstić information content (AvgIpc) is 3.19. The van der Waals surface area contributed by atoms with E-state index in [0.717, 1.165) is 18.9 Å². The molecule has 1 saturated heterocycles. The van der Waals surface area contributed by atoms with E-state index < -0.39 is 0 Å². The summed E-state index contributed by atoms with van der Waals surface area (Å²) in [5, 5.41) is 0. The van der Waals surface area contributed by atoms with Crippen LogP contribution in [0.3, 0.4) is 0 Å². The summed E-state index contributed by atoms with van der Waals surface area (Å²) in [6, 6.07) is 0.329. The second-order valence-corrected chi connectivity index (χ2v) is 7.61. The van der Waals surface area contributed by atoms with E-state index >= 15 is 0 Å². The molecule has 5 aliphatic rings. The number of carbonyl (C=O) groups is 1. The minimum Gasteiger partial charge on any atom is -0.453 e. The summed E-state index contributed by atoms with van der Waals surface area (Å²) in [6.45, 7) is 0.871. The summed E-state index contributed by atoms with van der Waals surface area (Å²) >= 11 is 0. The number of methoxy groups -OCH3 is 2. The number of likely N-dealkylation sites (tertiary alicyclic amines) is 1. The second kappa shape index (κ2) is 3.65. The van der Waals surface area contributed by atoms with Crippen LogP contribution >= 0.6 is 0 Å². The number of rotatable bonds is 1. The SMILES string of the molecule is COC(=O)N1C[C@H]2C[C@@H]3C=C[C@@H]4C[C@@H]5CC[C@H]1[C@]25[C@@]43OC. The Kier molecular flexibility index (Phi) is 2.17. The lowest BCUT2D eigenvalue weighted by Gasteiger charge is -2.46. The third-order valence-electron chi connectivity index (χ3n) is 7.66. The Labute approximate surface area is 125 Å². The Morgan fingerprint density at radius 2 is 1.86 bits per heavy atom. The lowest BCUT2D eigenvalue weighted by atomic mass is 9.65. The van der Waals surface area contributed by atoms with Gasteiger partial charge < -0.3 is 14.4 Å². The van der Waals surface area contributed by atoms with Gasteiger partial charge in [0.05, 0.1) is 12.7 Å². The summed E-state index contributed by atoms with van der Waals surface area (Å²) in [4.78, 5) is 14.3. The molecule has 4 aliphatic carbocycles. The van der Waals surface area contributed by atoms with Gasteiger partial charge in [0.15, 0.2) is 0 Å². The normalized spacial score (nSPS) is 55.1. The van der Waals surface area contributed by atoms with Gasteiger partial charge in [-0.05, 0) is 37.5 Å². The van der Waals surface area contributed by atoms with Crippen LogP contribution in [0.15, 0.2) is 12.2 Å². The summed E-state index contributed by atoms with van der Waals surface area (Å²) in [7, 11) is 3.41. The predicted molar refractivity (Wildman–Crippen MR) is 76.6 cm³/mol. The van der Waals surface area contributed by atoms with Crippen molar-refractivity contribution in [1.82, 2.24) is 4.90 Å². The number of carbonyl (C=O) groups excluding carboxylic acids is 1. The molecule has 114 valence electrons. The molecule has 1 aliphatic heterocycles. The highest BCUT2D eigenvalue weighted by Crippen LogP contribution is 2.78. The van der Waals surface area contributed by atoms with Crippen LogP contribution in [0, 0.1) is 29.1 Å². The molecule has 1 spiro atoms. The van der Waals surface area contributed by atoms with Crippen LogP contribution in [-0.2, 0) is 9.47 Å². The smallest absolute Gasteiger partial charge is 0.409 e. The van der Waals surface area contributed by atoms with Gasteiger partial charge >= 0.3 is 6.09 Å². The molecule has 0 bridgehead atoms. The maximum absolute atomic E-state index is 12.2. The first-order chi connectivity index (χ1) is 10.2. The van der Waals surface area contributed by atoms with E-state index in [2.05, 4.69) is 12.2 Å². The van der Waals surface area contributed by atoms with Crippen molar-refractivity contribution in [2.75, 3.05) is 20.8 Å². The van der Waals surface area contributed by atoms with E-state index in [1.165, 1.54) is 26.4 Å². The van der Waals surface area contributed by atoms with Gasteiger partial charge in [0.25, 0.3) is 0 Å². The molecule has 3 saturated carbocycles. The van der Waals surface area contributed by atoms with Crippen LogP contribution in [0.4, 0.5) is 4.79 Å². The van der Waals surface area contributed by atoms with Crippen molar-refractivity contribution in [1.29, 1.82) is 0 Å². The molecule has 4 nitrogen and oxygen atoms in total. The molecular weight excluding hydrogens is 266 g/mol. The molecule has 4 heteroatoms. The summed E-state index contributed by atoms with van der Waals surface area (Å²) in [5.74, 6) is 2.43. The minimum absolute atomic E-state index is 0.0354. The van der Waals surface area contributed by atoms with Crippen molar-refractivity contribution < 1.29 is 14.3 Å². The first-order valence-corrected chi connectivity index (χ1v) is 8.28. The molecule has 0 N–H and O–H groups in total. The Hall–Kier alpha value is -1.03. The minimum atomic E-state index is -0.137. The van der Waals surface area contributed by atoms with Gasteiger partial charge in [0.2, 0.25) is 0 Å². The number of hydrogen-bond acceptors (Lipinski definition) is 3. The topological polar surface area (TPSA) is 38.8 Å². The van der Waals surface area contributed by atoms with Crippen LogP contribution in [0.1, 0.15) is 25.7 Å². The van der Waals surface area contributed by atoms with E-state index in [4.69, 9.17) is 9.47 Å². The van der Waals surface area contributed by atoms with Crippen molar-refractivity contribution in [3.05, 3.63) is 12.2 Å². The van der Waals surface area contributed by atoms with Crippen molar-refractivity contribution in [2.24, 2.45) is 29.1 Å². The monoisotopic (exact) mass is 289 g/mol. The molecule has 1 heterocycles. The van der Waals surface area contributed by atoms with Crippen LogP contribution < -0.4 is 0 Å². The lowest BCUT2D eigenvalue weighted by molar-refractivity contribution is -0.122. The van der Waals surface area contributed by atoms with Crippen molar-refractivity contribution in [2.45, 2.75) is 37.3 Å². The van der Waals surface area contributed by atoms with E-state index in [-0.39, 0.29) is 17.1 Å². The van der Waals surface area contributed by atoms with Crippen molar-refractivity contribution >= 4 is 6.09 Å². The van der Waals surface area contributed by atoms with Crippen molar-refractivity contribution in [3.63, 3.8) is 0 Å². The molecular formula is C17H23NO3. The Bertz CT molecular complexity index is 536. The van der Waals surface area contributed by atoms with Gasteiger partial charge in [-0.2, -0.15) is 0 Å². The fourth-order valence-corrected chi connectivity index (χ4v) is 7.51. The first-order valence-electron chi connectivity index (χ1n) is 8.28. The zero-order valence-corrected chi connectivity index (χ0v) is 12.7. The van der Waals surface area contributed by atoms with Gasteiger partial charge in [-0.1, -0.05) is 12.2 Å². The second-order valence-electron chi connectivity index (χ2n) is 7.61. The van der Waals surface area contributed by atoms with Crippen LogP contribution in [0.2, 0.25) is 0 Å². The zero-order valence-electron chi connectivity index (χ0n) is 12.7. The molecule has 21 heavy (non-hydrogen) atoms. The quantitative estimate of drug-likeness (QED) is 0.696. The summed E-state index contributed by atoms with van der Waals surface area (Å²) in [6.07, 6.45) is 9.49. The Morgan fingerprint density at radius 3 is 2.52 bits per heavy atom. The fraction of sp³-hybridized carbons (Fsp3) is 0.824. The third kappa shape index (κ3) is 1.03. The van der Waals surface area contributed by atoms with E-state index in [1.54, 1.807) is 0 Å². The molecule has 7 atom stereocenters. The average molecular weight is 289 g/mol. The highest BCUT2D eigenvalue weighted by molar-refractivity contribution is 5.69. The van der Waals surface area contributed by atoms with Crippen LogP contribution in [-0.4, -0.2) is 43.4 Å². The van der Waals surface area contributed by atoms with Gasteiger partial charge in [0, 0.05) is 36.9 Å². The number of amides is 1. The lowest BCUT2D eigenvalue weighted by Crippen LogP contribution is -2.55. The number of nitrogens with zero attached hydrogens (tertiary/aromatic N) is 1. The van der Waals surface area contributed by atoms with Gasteiger partial charge in [-0.25, -0.2) is 4.79 Å². The van der Waals surface area contributed by atoms with Gasteiger partial charge in [-0.3, -0.25) is 0 Å². The van der Waals surface area contributed by atoms with Crippen LogP contribution in [0.25, 0.3) is 0 Å². The molecule has 1 amide bonds. The van der Waals surface area contributed by atoms with E-state index in [9.17, 15) is 4.79 Å². The molecule has 5 rings (SSSR count). The summed E-state index contributed by atoms with van der Waals surface area (Å²) < 4.78 is 11.4. The van der Waals surface area contributed by atoms with Crippen molar-refractivity contribution in [3.8, 4) is 0 Å². The Balaban J connectivity index is 1.68. The zero-order chi connectivity index (χ0) is 14.4. The molecule has 0 radical (unpaired) electrons. The number of hydrogen-bond donors (Lipinski definition) is 0. The standard InChI is InChI=1S/C17H23NO3/c1-20-15(19)18-9-13-8-12-4-3-11-7-10-5-6-14(18)16(10,13)17(11,12)21-2/h3-4,10-14H,5-9H2,1-2H3/t10-,11+,12-,13+,14-,16+,17+/m0/s1. The molecule has 0 unspecified atom stereocenters. The highest BCUT2D eigenvalue weighted by Gasteiger charge is 2.82. The molecule has 4 fully saturated rings. The Morgan fingerprint density at radius 1 is 1.14 bits per heavy atom. The van der Waals surface area contributed by atoms with Crippen LogP contribution in [0.5, 0.6) is 0 Å².